The molecule has 2 heterocycles. The molecule has 0 aliphatic carbocycles. The maximum Gasteiger partial charge on any atom is 0.136 e. The van der Waals surface area contributed by atoms with Crippen molar-refractivity contribution in [2.75, 3.05) is 0 Å². The topological polar surface area (TPSA) is 26.3 Å². The molecule has 0 unspecified atom stereocenters. The third-order valence-electron chi connectivity index (χ3n) is 20.1. The quantitative estimate of drug-likeness (QED) is 0.142. The van der Waals surface area contributed by atoms with Gasteiger partial charge in [-0.05, 0) is 202 Å². The molecular weight excluding hydrogens is 1190 g/mol. The third kappa shape index (κ3) is 9.41. The molecule has 0 radical (unpaired) electrons. The van der Waals surface area contributed by atoms with E-state index >= 15 is 0 Å². The third-order valence-corrected chi connectivity index (χ3v) is 20.1. The monoisotopic (exact) mass is 1240 g/mol. The maximum atomic E-state index is 6.38. The molecule has 0 aliphatic heterocycles. The summed E-state index contributed by atoms with van der Waals surface area (Å²) < 4.78 is 12.8. The highest BCUT2D eigenvalue weighted by Crippen LogP contribution is 2.51. The molecule has 0 aliphatic rings. The zero-order valence-corrected chi connectivity index (χ0v) is 53.5. The first-order valence-corrected chi connectivity index (χ1v) is 33.7. The van der Waals surface area contributed by atoms with E-state index in [0.717, 1.165) is 55.0 Å². The largest absolute Gasteiger partial charge is 0.456 e. The minimum absolute atomic E-state index is 0.908. The second kappa shape index (κ2) is 23.5. The van der Waals surface area contributed by atoms with Gasteiger partial charge < -0.3 is 8.83 Å². The molecule has 2 nitrogen and oxygen atoms in total. The lowest BCUT2D eigenvalue weighted by atomic mass is 9.82. The lowest BCUT2D eigenvalue weighted by Crippen LogP contribution is -1.94. The van der Waals surface area contributed by atoms with Crippen molar-refractivity contribution in [2.24, 2.45) is 0 Å². The van der Waals surface area contributed by atoms with Gasteiger partial charge in [0.1, 0.15) is 22.3 Å². The summed E-state index contributed by atoms with van der Waals surface area (Å²) in [6, 6.07) is 132. The van der Waals surface area contributed by atoms with Crippen LogP contribution in [-0.4, -0.2) is 0 Å². The van der Waals surface area contributed by atoms with Crippen LogP contribution < -0.4 is 0 Å². The molecule has 18 aromatic carbocycles. The summed E-state index contributed by atoms with van der Waals surface area (Å²) in [4.78, 5) is 0. The zero-order chi connectivity index (χ0) is 64.6. The van der Waals surface area contributed by atoms with Crippen molar-refractivity contribution in [3.05, 3.63) is 364 Å². The van der Waals surface area contributed by atoms with Crippen LogP contribution in [-0.2, 0) is 0 Å². The predicted molar refractivity (Wildman–Crippen MR) is 416 cm³/mol. The molecule has 0 atom stereocenters. The Kier molecular flexibility index (Phi) is 13.6. The molecule has 456 valence electrons. The lowest BCUT2D eigenvalue weighted by molar-refractivity contribution is 0.668. The summed E-state index contributed by atoms with van der Waals surface area (Å²) in [5.74, 6) is 0. The number of furan rings is 2. The summed E-state index contributed by atoms with van der Waals surface area (Å²) in [5, 5.41) is 19.4. The Morgan fingerprint density at radius 3 is 0.878 bits per heavy atom. The fraction of sp³-hybridized carbons (Fsp3) is 0. The van der Waals surface area contributed by atoms with E-state index in [1.165, 1.54) is 143 Å². The summed E-state index contributed by atoms with van der Waals surface area (Å²) in [6.45, 7) is 0. The SMILES string of the molecule is c1ccc(-c2cc(-c3c4ccccc4c(-c4ccc5c(c4)oc4ccccc45)c4ccccc34)cc3c(-c4ccccc4)cccc23)cc1.c1ccc(-c2cccc3c(-c4ccccc4)c(-c4c5ccccc5c(-c5ccc6c(c5)oc5ccccc56)c5ccccc45)ccc23)cc1. The first-order chi connectivity index (χ1) is 48.6. The van der Waals surface area contributed by atoms with Crippen LogP contribution in [0.15, 0.2) is 373 Å². The number of hydrogen-bond donors (Lipinski definition) is 0. The van der Waals surface area contributed by atoms with Gasteiger partial charge in [-0.15, -0.1) is 0 Å². The zero-order valence-electron chi connectivity index (χ0n) is 53.5. The molecule has 0 amide bonds. The normalized spacial score (nSPS) is 11.7. The average Bonchev–Trinajstić information content (AvgIpc) is 0.788. The Hall–Kier alpha value is -12.9. The van der Waals surface area contributed by atoms with Crippen LogP contribution in [0.25, 0.3) is 198 Å². The molecule has 0 spiro atoms. The minimum atomic E-state index is 0.908. The van der Waals surface area contributed by atoms with Gasteiger partial charge in [0.15, 0.2) is 0 Å². The van der Waals surface area contributed by atoms with Gasteiger partial charge in [-0.3, -0.25) is 0 Å². The molecule has 2 heteroatoms. The second-order valence-electron chi connectivity index (χ2n) is 25.6. The van der Waals surface area contributed by atoms with Crippen molar-refractivity contribution in [2.45, 2.75) is 0 Å². The van der Waals surface area contributed by atoms with Crippen LogP contribution in [0.1, 0.15) is 0 Å². The van der Waals surface area contributed by atoms with Crippen LogP contribution in [0, 0.1) is 0 Å². The van der Waals surface area contributed by atoms with Gasteiger partial charge in [-0.2, -0.15) is 0 Å². The molecule has 20 aromatic rings. The summed E-state index contributed by atoms with van der Waals surface area (Å²) >= 11 is 0. The lowest BCUT2D eigenvalue weighted by Gasteiger charge is -2.21. The highest BCUT2D eigenvalue weighted by atomic mass is 16.3. The van der Waals surface area contributed by atoms with Crippen LogP contribution in [0.3, 0.4) is 0 Å². The van der Waals surface area contributed by atoms with Crippen LogP contribution in [0.2, 0.25) is 0 Å². The van der Waals surface area contributed by atoms with Gasteiger partial charge in [0.05, 0.1) is 0 Å². The van der Waals surface area contributed by atoms with E-state index in [1.54, 1.807) is 0 Å². The minimum Gasteiger partial charge on any atom is -0.456 e. The Labute approximate surface area is 566 Å². The van der Waals surface area contributed by atoms with Gasteiger partial charge in [0.25, 0.3) is 0 Å². The first-order valence-electron chi connectivity index (χ1n) is 33.7. The fourth-order valence-corrected chi connectivity index (χ4v) is 15.9. The molecule has 0 fully saturated rings. The molecule has 0 bridgehead atoms. The maximum absolute atomic E-state index is 6.38. The number of benzene rings is 18. The van der Waals surface area contributed by atoms with Crippen molar-refractivity contribution >= 4 is 109 Å². The molecule has 0 saturated heterocycles. The highest BCUT2D eigenvalue weighted by Gasteiger charge is 2.24. The van der Waals surface area contributed by atoms with Gasteiger partial charge >= 0.3 is 0 Å². The van der Waals surface area contributed by atoms with Crippen molar-refractivity contribution < 1.29 is 8.83 Å². The van der Waals surface area contributed by atoms with Crippen molar-refractivity contribution in [1.29, 1.82) is 0 Å². The summed E-state index contributed by atoms with van der Waals surface area (Å²) in [7, 11) is 0. The van der Waals surface area contributed by atoms with Gasteiger partial charge in [-0.25, -0.2) is 0 Å². The van der Waals surface area contributed by atoms with E-state index in [1.807, 2.05) is 24.3 Å². The Morgan fingerprint density at radius 2 is 0.429 bits per heavy atom. The number of fused-ring (bicyclic) bond motifs is 12. The first kappa shape index (κ1) is 56.6. The Morgan fingerprint density at radius 1 is 0.122 bits per heavy atom. The Bertz CT molecular complexity index is 6400. The van der Waals surface area contributed by atoms with E-state index in [4.69, 9.17) is 8.83 Å². The van der Waals surface area contributed by atoms with Crippen LogP contribution in [0.5, 0.6) is 0 Å². The standard InChI is InChI=1S/2C48H30O/c1-3-14-31(15-4-1)35-23-13-24-36-43(32-16-5-2-6-17-32)28-34(29-44(35)36)48-41-21-9-7-19-39(41)47(40-20-8-10-22-42(40)48)33-26-27-38-37-18-11-12-25-45(37)49-46(38)30-33;1-3-14-31(15-4-1)34-23-13-24-38-35(34)28-29-43(46(38)32-16-5-2-6-17-32)48-41-21-9-7-19-39(41)47(40-20-8-10-22-42(40)48)33-26-27-37-36-18-11-12-25-44(36)49-45(37)30-33/h2*1-30H. The van der Waals surface area contributed by atoms with Gasteiger partial charge in [0, 0.05) is 21.5 Å². The van der Waals surface area contributed by atoms with E-state index in [2.05, 4.69) is 340 Å². The molecule has 98 heavy (non-hydrogen) atoms. The number of para-hydroxylation sites is 2. The van der Waals surface area contributed by atoms with Gasteiger partial charge in [-0.1, -0.05) is 315 Å². The predicted octanol–water partition coefficient (Wildman–Crippen LogP) is 27.4. The van der Waals surface area contributed by atoms with E-state index in [9.17, 15) is 0 Å². The van der Waals surface area contributed by atoms with E-state index in [0.29, 0.717) is 0 Å². The molecule has 20 rings (SSSR count). The molecule has 2 aromatic heterocycles. The number of hydrogen-bond acceptors (Lipinski definition) is 2. The Balaban J connectivity index is 0.000000137. The van der Waals surface area contributed by atoms with Crippen LogP contribution >= 0.6 is 0 Å². The van der Waals surface area contributed by atoms with Crippen molar-refractivity contribution in [3.8, 4) is 89.0 Å². The summed E-state index contributed by atoms with van der Waals surface area (Å²) in [5.41, 5.74) is 23.2. The summed E-state index contributed by atoms with van der Waals surface area (Å²) in [6.07, 6.45) is 0. The van der Waals surface area contributed by atoms with Crippen LogP contribution in [0.4, 0.5) is 0 Å². The molecule has 0 N–H and O–H groups in total. The molecular formula is C96H60O2. The highest BCUT2D eigenvalue weighted by molar-refractivity contribution is 6.26. The second-order valence-corrected chi connectivity index (χ2v) is 25.6. The van der Waals surface area contributed by atoms with E-state index < -0.39 is 0 Å². The number of rotatable bonds is 8. The van der Waals surface area contributed by atoms with E-state index in [-0.39, 0.29) is 0 Å². The average molecular weight is 1250 g/mol. The van der Waals surface area contributed by atoms with Crippen molar-refractivity contribution in [3.63, 3.8) is 0 Å². The molecule has 0 saturated carbocycles. The smallest absolute Gasteiger partial charge is 0.136 e. The van der Waals surface area contributed by atoms with Gasteiger partial charge in [0.2, 0.25) is 0 Å². The van der Waals surface area contributed by atoms with Crippen molar-refractivity contribution in [1.82, 2.24) is 0 Å². The fourth-order valence-electron chi connectivity index (χ4n) is 15.9.